The first kappa shape index (κ1) is 12.3. The summed E-state index contributed by atoms with van der Waals surface area (Å²) in [7, 11) is 0. The van der Waals surface area contributed by atoms with Crippen molar-refractivity contribution in [3.8, 4) is 0 Å². The maximum atomic E-state index is 5.67. The maximum Gasteiger partial charge on any atom is 0.263 e. The average Bonchev–Trinajstić information content (AvgIpc) is 2.82. The van der Waals surface area contributed by atoms with Crippen molar-refractivity contribution in [3.63, 3.8) is 0 Å². The lowest BCUT2D eigenvalue weighted by Crippen LogP contribution is -2.36. The quantitative estimate of drug-likeness (QED) is 0.901. The third-order valence-electron chi connectivity index (χ3n) is 3.82. The summed E-state index contributed by atoms with van der Waals surface area (Å²) in [5.74, 6) is 1.61. The Bertz CT molecular complexity index is 565. The van der Waals surface area contributed by atoms with E-state index in [-0.39, 0.29) is 0 Å². The van der Waals surface area contributed by atoms with Crippen LogP contribution in [0, 0.1) is 12.8 Å². The molecule has 2 aromatic heterocycles. The van der Waals surface area contributed by atoms with Crippen molar-refractivity contribution >= 4 is 16.9 Å². The largest absolute Gasteiger partial charge is 0.356 e. The Morgan fingerprint density at radius 1 is 1.47 bits per heavy atom. The minimum Gasteiger partial charge on any atom is -0.356 e. The van der Waals surface area contributed by atoms with E-state index in [1.54, 1.807) is 6.33 Å². The number of nitrogens with two attached hydrogens (primary N) is 1. The summed E-state index contributed by atoms with van der Waals surface area (Å²) in [6, 6.07) is 0. The molecule has 6 heteroatoms. The Labute approximate surface area is 112 Å². The summed E-state index contributed by atoms with van der Waals surface area (Å²) < 4.78 is 5.21. The molecule has 0 spiro atoms. The molecule has 1 atom stereocenters. The number of piperidine rings is 1. The fourth-order valence-corrected chi connectivity index (χ4v) is 2.87. The first-order valence-corrected chi connectivity index (χ1v) is 6.81. The molecule has 102 valence electrons. The van der Waals surface area contributed by atoms with Crippen LogP contribution in [0.4, 0.5) is 5.82 Å². The SMILES string of the molecule is Cc1noc2ncnc(N3CCCC(CCN)C3)c12. The Kier molecular flexibility index (Phi) is 3.33. The van der Waals surface area contributed by atoms with E-state index < -0.39 is 0 Å². The van der Waals surface area contributed by atoms with E-state index in [1.165, 1.54) is 12.8 Å². The van der Waals surface area contributed by atoms with Gasteiger partial charge in [-0.25, -0.2) is 4.98 Å². The third-order valence-corrected chi connectivity index (χ3v) is 3.82. The Morgan fingerprint density at radius 3 is 3.21 bits per heavy atom. The van der Waals surface area contributed by atoms with Crippen molar-refractivity contribution < 1.29 is 4.52 Å². The molecule has 0 aliphatic carbocycles. The lowest BCUT2D eigenvalue weighted by molar-refractivity contribution is 0.395. The van der Waals surface area contributed by atoms with Crippen LogP contribution in [0.25, 0.3) is 11.1 Å². The number of aryl methyl sites for hydroxylation is 1. The molecule has 0 radical (unpaired) electrons. The Morgan fingerprint density at radius 2 is 2.37 bits per heavy atom. The number of rotatable bonds is 3. The molecule has 0 aromatic carbocycles. The van der Waals surface area contributed by atoms with Crippen molar-refractivity contribution in [2.24, 2.45) is 11.7 Å². The molecule has 2 aromatic rings. The Hall–Kier alpha value is -1.69. The van der Waals surface area contributed by atoms with E-state index in [9.17, 15) is 0 Å². The normalized spacial score (nSPS) is 20.1. The van der Waals surface area contributed by atoms with Crippen molar-refractivity contribution in [2.75, 3.05) is 24.5 Å². The van der Waals surface area contributed by atoms with Crippen LogP contribution in [0.1, 0.15) is 25.0 Å². The summed E-state index contributed by atoms with van der Waals surface area (Å²) in [6.07, 6.45) is 5.06. The molecule has 1 aliphatic heterocycles. The minimum absolute atomic E-state index is 0.573. The maximum absolute atomic E-state index is 5.67. The zero-order valence-electron chi connectivity index (χ0n) is 11.2. The topological polar surface area (TPSA) is 81.1 Å². The fourth-order valence-electron chi connectivity index (χ4n) is 2.87. The van der Waals surface area contributed by atoms with Gasteiger partial charge in [0.15, 0.2) is 0 Å². The summed E-state index contributed by atoms with van der Waals surface area (Å²) in [5.41, 5.74) is 7.10. The van der Waals surface area contributed by atoms with Crippen molar-refractivity contribution in [3.05, 3.63) is 12.0 Å². The highest BCUT2D eigenvalue weighted by atomic mass is 16.5. The predicted octanol–water partition coefficient (Wildman–Crippen LogP) is 1.49. The van der Waals surface area contributed by atoms with Gasteiger partial charge >= 0.3 is 0 Å². The van der Waals surface area contributed by atoms with Crippen LogP contribution in [0.5, 0.6) is 0 Å². The number of hydrogen-bond donors (Lipinski definition) is 1. The predicted molar refractivity (Wildman–Crippen MR) is 72.9 cm³/mol. The molecule has 1 fully saturated rings. The van der Waals surface area contributed by atoms with Gasteiger partial charge in [-0.1, -0.05) is 5.16 Å². The van der Waals surface area contributed by atoms with Crippen LogP contribution in [-0.2, 0) is 0 Å². The average molecular weight is 261 g/mol. The van der Waals surface area contributed by atoms with E-state index in [1.807, 2.05) is 6.92 Å². The van der Waals surface area contributed by atoms with Crippen LogP contribution in [0.3, 0.4) is 0 Å². The molecule has 0 bridgehead atoms. The molecular weight excluding hydrogens is 242 g/mol. The molecule has 1 saturated heterocycles. The first-order chi connectivity index (χ1) is 9.29. The molecule has 3 rings (SSSR count). The fraction of sp³-hybridized carbons (Fsp3) is 0.615. The zero-order valence-corrected chi connectivity index (χ0v) is 11.2. The monoisotopic (exact) mass is 261 g/mol. The van der Waals surface area contributed by atoms with Gasteiger partial charge in [-0.15, -0.1) is 0 Å². The van der Waals surface area contributed by atoms with Gasteiger partial charge in [-0.05, 0) is 38.6 Å². The second-order valence-electron chi connectivity index (χ2n) is 5.18. The van der Waals surface area contributed by atoms with E-state index in [0.717, 1.165) is 43.0 Å². The summed E-state index contributed by atoms with van der Waals surface area (Å²) in [4.78, 5) is 10.9. The van der Waals surface area contributed by atoms with Crippen molar-refractivity contribution in [1.29, 1.82) is 0 Å². The third kappa shape index (κ3) is 2.28. The van der Waals surface area contributed by atoms with Crippen LogP contribution in [-0.4, -0.2) is 34.8 Å². The highest BCUT2D eigenvalue weighted by Crippen LogP contribution is 2.29. The number of fused-ring (bicyclic) bond motifs is 1. The molecule has 3 heterocycles. The number of anilines is 1. The second-order valence-corrected chi connectivity index (χ2v) is 5.18. The lowest BCUT2D eigenvalue weighted by atomic mass is 9.95. The summed E-state index contributed by atoms with van der Waals surface area (Å²) in [6.45, 7) is 4.72. The van der Waals surface area contributed by atoms with Crippen LogP contribution in [0.2, 0.25) is 0 Å². The number of nitrogens with zero attached hydrogens (tertiary/aromatic N) is 4. The molecule has 6 nitrogen and oxygen atoms in total. The molecule has 1 aliphatic rings. The van der Waals surface area contributed by atoms with Crippen molar-refractivity contribution in [1.82, 2.24) is 15.1 Å². The van der Waals surface area contributed by atoms with E-state index in [4.69, 9.17) is 10.3 Å². The van der Waals surface area contributed by atoms with Gasteiger partial charge in [-0.3, -0.25) is 0 Å². The van der Waals surface area contributed by atoms with Crippen molar-refractivity contribution in [2.45, 2.75) is 26.2 Å². The van der Waals surface area contributed by atoms with E-state index in [2.05, 4.69) is 20.0 Å². The van der Waals surface area contributed by atoms with Gasteiger partial charge in [0, 0.05) is 13.1 Å². The van der Waals surface area contributed by atoms with Gasteiger partial charge in [0.25, 0.3) is 5.71 Å². The van der Waals surface area contributed by atoms with Gasteiger partial charge in [0.2, 0.25) is 0 Å². The zero-order chi connectivity index (χ0) is 13.2. The molecule has 1 unspecified atom stereocenters. The smallest absolute Gasteiger partial charge is 0.263 e. The van der Waals surface area contributed by atoms with Gasteiger partial charge in [0.05, 0.1) is 5.69 Å². The van der Waals surface area contributed by atoms with E-state index >= 15 is 0 Å². The Balaban J connectivity index is 1.93. The first-order valence-electron chi connectivity index (χ1n) is 6.81. The summed E-state index contributed by atoms with van der Waals surface area (Å²) in [5, 5.41) is 4.92. The van der Waals surface area contributed by atoms with Crippen LogP contribution in [0.15, 0.2) is 10.9 Å². The molecule has 0 saturated carbocycles. The van der Waals surface area contributed by atoms with Crippen LogP contribution < -0.4 is 10.6 Å². The number of aromatic nitrogens is 3. The molecule has 19 heavy (non-hydrogen) atoms. The molecule has 2 N–H and O–H groups in total. The van der Waals surface area contributed by atoms with E-state index in [0.29, 0.717) is 11.6 Å². The molecule has 0 amide bonds. The second kappa shape index (κ2) is 5.13. The van der Waals surface area contributed by atoms with Gasteiger partial charge < -0.3 is 15.2 Å². The van der Waals surface area contributed by atoms with Crippen LogP contribution >= 0.6 is 0 Å². The highest BCUT2D eigenvalue weighted by molar-refractivity contribution is 5.87. The summed E-state index contributed by atoms with van der Waals surface area (Å²) >= 11 is 0. The highest BCUT2D eigenvalue weighted by Gasteiger charge is 2.23. The lowest BCUT2D eigenvalue weighted by Gasteiger charge is -2.33. The minimum atomic E-state index is 0.573. The van der Waals surface area contributed by atoms with Gasteiger partial charge in [0.1, 0.15) is 17.5 Å². The molecular formula is C13H19N5O. The van der Waals surface area contributed by atoms with Gasteiger partial charge in [-0.2, -0.15) is 4.98 Å². The standard InChI is InChI=1S/C13H19N5O/c1-9-11-12(15-8-16-13(11)19-17-9)18-6-2-3-10(7-18)4-5-14/h8,10H,2-7,14H2,1H3. The number of hydrogen-bond acceptors (Lipinski definition) is 6.